The van der Waals surface area contributed by atoms with Gasteiger partial charge in [-0.3, -0.25) is 10.1 Å². The smallest absolute Gasteiger partial charge is 0.412 e. The fraction of sp³-hybridized carbons (Fsp3) is 0.208. The molecule has 3 aromatic heterocycles. The van der Waals surface area contributed by atoms with Crippen LogP contribution in [-0.4, -0.2) is 21.5 Å². The predicted molar refractivity (Wildman–Crippen MR) is 136 cm³/mol. The van der Waals surface area contributed by atoms with E-state index >= 15 is 0 Å². The quantitative estimate of drug-likeness (QED) is 0.275. The molecule has 2 N–H and O–H groups in total. The number of hydrogen-bond donors (Lipinski definition) is 2. The van der Waals surface area contributed by atoms with Gasteiger partial charge in [-0.05, 0) is 61.3 Å². The molecule has 4 aromatic rings. The molecule has 172 valence electrons. The number of thiophene rings is 2. The average Bonchev–Trinajstić information content (AvgIpc) is 3.12. The first-order chi connectivity index (χ1) is 16.4. The Morgan fingerprint density at radius 1 is 1.24 bits per heavy atom. The van der Waals surface area contributed by atoms with E-state index < -0.39 is 23.6 Å². The molecular formula is C24H17ClN2O4S3. The highest BCUT2D eigenvalue weighted by molar-refractivity contribution is 7.38. The number of benzene rings is 1. The number of carbonyl (C=O) groups excluding carboxylic acids is 1. The Morgan fingerprint density at radius 2 is 2.03 bits per heavy atom. The van der Waals surface area contributed by atoms with E-state index in [4.69, 9.17) is 16.3 Å². The number of hydrogen-bond acceptors (Lipinski definition) is 7. The molecule has 1 fully saturated rings. The monoisotopic (exact) mass is 528 g/mol. The molecule has 3 heterocycles. The van der Waals surface area contributed by atoms with Gasteiger partial charge in [0.05, 0.1) is 14.6 Å². The van der Waals surface area contributed by atoms with Gasteiger partial charge in [-0.25, -0.2) is 4.79 Å². The number of rotatable bonds is 5. The van der Waals surface area contributed by atoms with Crippen molar-refractivity contribution >= 4 is 73.0 Å². The molecule has 6 nitrogen and oxygen atoms in total. The third-order valence-corrected chi connectivity index (χ3v) is 9.07. The maximum absolute atomic E-state index is 12.4. The molecule has 34 heavy (non-hydrogen) atoms. The van der Waals surface area contributed by atoms with E-state index in [2.05, 4.69) is 21.5 Å². The van der Waals surface area contributed by atoms with Crippen molar-refractivity contribution in [3.63, 3.8) is 0 Å². The second-order valence-corrected chi connectivity index (χ2v) is 11.3. The fourth-order valence-corrected chi connectivity index (χ4v) is 6.94. The molecule has 1 aliphatic rings. The minimum atomic E-state index is -0.746. The van der Waals surface area contributed by atoms with E-state index in [1.54, 1.807) is 18.4 Å². The Balaban J connectivity index is 1.27. The lowest BCUT2D eigenvalue weighted by Gasteiger charge is -2.15. The Labute approximate surface area is 212 Å². The number of aliphatic carboxylic acids is 1. The molecule has 1 atom stereocenters. The highest BCUT2D eigenvalue weighted by Gasteiger charge is 2.53. The van der Waals surface area contributed by atoms with E-state index in [-0.39, 0.29) is 0 Å². The Kier molecular flexibility index (Phi) is 6.08. The molecule has 0 bridgehead atoms. The number of anilines is 1. The van der Waals surface area contributed by atoms with Crippen molar-refractivity contribution < 1.29 is 19.4 Å². The van der Waals surface area contributed by atoms with Crippen molar-refractivity contribution in [3.05, 3.63) is 67.8 Å². The van der Waals surface area contributed by atoms with E-state index in [1.165, 1.54) is 34.2 Å². The number of fused-ring (bicyclic) bond motifs is 1. The number of carbonyl (C=O) groups is 2. The van der Waals surface area contributed by atoms with Crippen LogP contribution < -0.4 is 5.32 Å². The number of aromatic nitrogens is 1. The van der Waals surface area contributed by atoms with Gasteiger partial charge in [-0.1, -0.05) is 29.8 Å². The first kappa shape index (κ1) is 22.9. The molecule has 1 amide bonds. The standard InChI is InChI=1S/C24H17ClN2O4S3/c1-13(16-4-2-3-5-17(16)25)31-23(30)26-19-12-32-27-18(19)7-6-15-10-14-11-20(34-21(14)33-15)24(8-9-24)22(28)29/h2-5,10-13H,8-9H2,1H3,(H,26,30)(H,28,29). The van der Waals surface area contributed by atoms with Crippen molar-refractivity contribution in [2.45, 2.75) is 31.3 Å². The Hall–Kier alpha value is -2.90. The summed E-state index contributed by atoms with van der Waals surface area (Å²) in [5.74, 6) is 5.37. The summed E-state index contributed by atoms with van der Waals surface area (Å²) < 4.78 is 10.8. The highest BCUT2D eigenvalue weighted by atomic mass is 35.5. The highest BCUT2D eigenvalue weighted by Crippen LogP contribution is 2.52. The first-order valence-electron chi connectivity index (χ1n) is 10.3. The van der Waals surface area contributed by atoms with Gasteiger partial charge in [0.25, 0.3) is 0 Å². The van der Waals surface area contributed by atoms with E-state index in [0.29, 0.717) is 29.2 Å². The van der Waals surface area contributed by atoms with E-state index in [1.807, 2.05) is 30.3 Å². The maximum Gasteiger partial charge on any atom is 0.412 e. The van der Waals surface area contributed by atoms with Crippen LogP contribution >= 0.6 is 45.8 Å². The number of carboxylic acid groups (broad SMARTS) is 1. The third-order valence-electron chi connectivity index (χ3n) is 5.58. The third kappa shape index (κ3) is 4.42. The summed E-state index contributed by atoms with van der Waals surface area (Å²) in [7, 11) is 0. The Morgan fingerprint density at radius 3 is 2.74 bits per heavy atom. The minimum absolute atomic E-state index is 0.451. The van der Waals surface area contributed by atoms with Gasteiger partial charge in [-0.15, -0.1) is 22.7 Å². The number of carboxylic acids is 1. The summed E-state index contributed by atoms with van der Waals surface area (Å²) in [6.45, 7) is 1.75. The summed E-state index contributed by atoms with van der Waals surface area (Å²) in [4.78, 5) is 25.7. The van der Waals surface area contributed by atoms with Gasteiger partial charge in [0.1, 0.15) is 11.5 Å². The number of halogens is 1. The zero-order chi connectivity index (χ0) is 23.9. The van der Waals surface area contributed by atoms with Crippen LogP contribution in [0.15, 0.2) is 41.8 Å². The van der Waals surface area contributed by atoms with Crippen LogP contribution in [0.4, 0.5) is 10.5 Å². The van der Waals surface area contributed by atoms with Crippen molar-refractivity contribution in [1.29, 1.82) is 0 Å². The molecule has 0 saturated heterocycles. The number of ether oxygens (including phenoxy) is 1. The van der Waals surface area contributed by atoms with Crippen molar-refractivity contribution in [3.8, 4) is 11.8 Å². The largest absolute Gasteiger partial charge is 0.481 e. The van der Waals surface area contributed by atoms with Gasteiger partial charge < -0.3 is 9.84 Å². The Bertz CT molecular complexity index is 1440. The molecule has 0 spiro atoms. The molecule has 5 rings (SSSR count). The molecule has 1 saturated carbocycles. The van der Waals surface area contributed by atoms with Gasteiger partial charge in [0.2, 0.25) is 0 Å². The molecular weight excluding hydrogens is 512 g/mol. The summed E-state index contributed by atoms with van der Waals surface area (Å²) in [6, 6.07) is 11.1. The molecule has 10 heteroatoms. The average molecular weight is 529 g/mol. The number of nitrogens with one attached hydrogen (secondary N) is 1. The minimum Gasteiger partial charge on any atom is -0.481 e. The number of amides is 1. The molecule has 0 aliphatic heterocycles. The van der Waals surface area contributed by atoms with Gasteiger partial charge >= 0.3 is 12.1 Å². The fourth-order valence-electron chi connectivity index (χ4n) is 3.53. The SMILES string of the molecule is CC(OC(=O)Nc1csnc1C#Cc1cc2cc(C3(C(=O)O)CC3)sc2s1)c1ccccc1Cl. The van der Waals surface area contributed by atoms with Crippen LogP contribution in [0.1, 0.15) is 46.9 Å². The molecule has 1 aliphatic carbocycles. The normalized spacial score (nSPS) is 14.8. The summed E-state index contributed by atoms with van der Waals surface area (Å²) >= 11 is 10.4. The maximum atomic E-state index is 12.4. The van der Waals surface area contributed by atoms with Crippen LogP contribution in [0, 0.1) is 11.8 Å². The zero-order valence-electron chi connectivity index (χ0n) is 17.8. The van der Waals surface area contributed by atoms with Gasteiger partial charge in [-0.2, -0.15) is 4.37 Å². The second-order valence-electron chi connectivity index (χ2n) is 7.87. The molecule has 1 aromatic carbocycles. The first-order valence-corrected chi connectivity index (χ1v) is 13.2. The molecule has 0 radical (unpaired) electrons. The van der Waals surface area contributed by atoms with Crippen molar-refractivity contribution in [1.82, 2.24) is 4.37 Å². The van der Waals surface area contributed by atoms with Gasteiger partial charge in [0.15, 0.2) is 5.69 Å². The van der Waals surface area contributed by atoms with E-state index in [9.17, 15) is 14.7 Å². The van der Waals surface area contributed by atoms with Crippen LogP contribution in [0.25, 0.3) is 9.40 Å². The van der Waals surface area contributed by atoms with Crippen LogP contribution in [-0.2, 0) is 14.9 Å². The summed E-state index contributed by atoms with van der Waals surface area (Å²) in [5.41, 5.74) is 0.966. The van der Waals surface area contributed by atoms with Gasteiger partial charge in [0, 0.05) is 26.2 Å². The second kappa shape index (κ2) is 9.04. The topological polar surface area (TPSA) is 88.5 Å². The lowest BCUT2D eigenvalue weighted by molar-refractivity contribution is -0.139. The van der Waals surface area contributed by atoms with Crippen LogP contribution in [0.3, 0.4) is 0 Å². The van der Waals surface area contributed by atoms with Crippen LogP contribution in [0.5, 0.6) is 0 Å². The number of nitrogens with zero attached hydrogens (tertiary/aromatic N) is 1. The summed E-state index contributed by atoms with van der Waals surface area (Å²) in [5, 5.41) is 15.5. The zero-order valence-corrected chi connectivity index (χ0v) is 21.0. The van der Waals surface area contributed by atoms with Crippen molar-refractivity contribution in [2.24, 2.45) is 0 Å². The molecule has 1 unspecified atom stereocenters. The lowest BCUT2D eigenvalue weighted by atomic mass is 10.1. The lowest BCUT2D eigenvalue weighted by Crippen LogP contribution is -2.17. The predicted octanol–water partition coefficient (Wildman–Crippen LogP) is 6.90. The van der Waals surface area contributed by atoms with Crippen LogP contribution in [0.2, 0.25) is 5.02 Å². The van der Waals surface area contributed by atoms with Crippen molar-refractivity contribution in [2.75, 3.05) is 5.32 Å². The van der Waals surface area contributed by atoms with E-state index in [0.717, 1.165) is 24.7 Å². The summed E-state index contributed by atoms with van der Waals surface area (Å²) in [6.07, 6.45) is 0.256.